The van der Waals surface area contributed by atoms with E-state index in [1.54, 1.807) is 6.20 Å². The van der Waals surface area contributed by atoms with Gasteiger partial charge < -0.3 is 4.98 Å². The van der Waals surface area contributed by atoms with Crippen molar-refractivity contribution >= 4 is 28.8 Å². The molecule has 2 rings (SSSR count). The van der Waals surface area contributed by atoms with Gasteiger partial charge >= 0.3 is 0 Å². The number of aromatic amines is 1. The van der Waals surface area contributed by atoms with E-state index in [2.05, 4.69) is 4.98 Å². The van der Waals surface area contributed by atoms with E-state index in [9.17, 15) is 4.79 Å². The quantitative estimate of drug-likeness (QED) is 0.694. The maximum absolute atomic E-state index is 10.7. The Morgan fingerprint density at radius 1 is 1.46 bits per heavy atom. The van der Waals surface area contributed by atoms with Crippen LogP contribution in [0.2, 0.25) is 5.02 Å². The number of carbonyl (C=O) groups excluding carboxylic acids is 1. The molecule has 1 aromatic heterocycles. The van der Waals surface area contributed by atoms with Gasteiger partial charge in [-0.2, -0.15) is 0 Å². The van der Waals surface area contributed by atoms with E-state index in [1.165, 1.54) is 0 Å². The van der Waals surface area contributed by atoms with Crippen LogP contribution in [-0.2, 0) is 0 Å². The highest BCUT2D eigenvalue weighted by Gasteiger charge is 2.06. The highest BCUT2D eigenvalue weighted by atomic mass is 35.5. The van der Waals surface area contributed by atoms with Gasteiger partial charge in [0, 0.05) is 17.1 Å². The monoisotopic (exact) mass is 193 g/mol. The molecule has 1 aromatic carbocycles. The summed E-state index contributed by atoms with van der Waals surface area (Å²) < 4.78 is 0. The van der Waals surface area contributed by atoms with Crippen molar-refractivity contribution in [3.05, 3.63) is 34.5 Å². The molecule has 0 aliphatic carbocycles. The number of aldehydes is 1. The lowest BCUT2D eigenvalue weighted by atomic mass is 10.1. The Balaban J connectivity index is 2.91. The fourth-order valence-electron chi connectivity index (χ4n) is 1.47. The van der Waals surface area contributed by atoms with Crippen LogP contribution in [0.4, 0.5) is 0 Å². The highest BCUT2D eigenvalue weighted by Crippen LogP contribution is 2.26. The molecule has 2 aromatic rings. The standard InChI is InChI=1S/C10H8ClNO/c1-6-2-7(5-13)10-8(3-6)9(11)4-12-10/h2-5,12H,1H3. The zero-order valence-corrected chi connectivity index (χ0v) is 7.85. The number of nitrogens with one attached hydrogen (secondary N) is 1. The molecule has 0 saturated carbocycles. The first-order chi connectivity index (χ1) is 6.22. The van der Waals surface area contributed by atoms with Crippen molar-refractivity contribution in [3.63, 3.8) is 0 Å². The molecule has 0 bridgehead atoms. The van der Waals surface area contributed by atoms with Crippen molar-refractivity contribution in [1.82, 2.24) is 4.98 Å². The van der Waals surface area contributed by atoms with Gasteiger partial charge in [-0.25, -0.2) is 0 Å². The van der Waals surface area contributed by atoms with Gasteiger partial charge in [0.05, 0.1) is 10.5 Å². The smallest absolute Gasteiger partial charge is 0.152 e. The van der Waals surface area contributed by atoms with E-state index in [0.717, 1.165) is 22.8 Å². The summed E-state index contributed by atoms with van der Waals surface area (Å²) in [5.74, 6) is 0. The molecular formula is C10H8ClNO. The fraction of sp³-hybridized carbons (Fsp3) is 0.100. The number of aryl methyl sites for hydroxylation is 1. The van der Waals surface area contributed by atoms with E-state index < -0.39 is 0 Å². The minimum absolute atomic E-state index is 0.654. The van der Waals surface area contributed by atoms with E-state index in [1.807, 2.05) is 19.1 Å². The zero-order chi connectivity index (χ0) is 9.42. The summed E-state index contributed by atoms with van der Waals surface area (Å²) >= 11 is 5.93. The van der Waals surface area contributed by atoms with Crippen molar-refractivity contribution < 1.29 is 4.79 Å². The number of halogens is 1. The van der Waals surface area contributed by atoms with Crippen molar-refractivity contribution in [2.75, 3.05) is 0 Å². The number of benzene rings is 1. The first-order valence-corrected chi connectivity index (χ1v) is 4.32. The second-order valence-electron chi connectivity index (χ2n) is 3.03. The molecule has 0 saturated heterocycles. The molecule has 0 aliphatic heterocycles. The predicted molar refractivity (Wildman–Crippen MR) is 53.4 cm³/mol. The van der Waals surface area contributed by atoms with Crippen molar-refractivity contribution in [2.24, 2.45) is 0 Å². The van der Waals surface area contributed by atoms with Crippen LogP contribution in [0.15, 0.2) is 18.3 Å². The Morgan fingerprint density at radius 2 is 2.23 bits per heavy atom. The van der Waals surface area contributed by atoms with E-state index in [0.29, 0.717) is 10.6 Å². The van der Waals surface area contributed by atoms with Gasteiger partial charge in [0.15, 0.2) is 6.29 Å². The Hall–Kier alpha value is -1.28. The molecule has 1 heterocycles. The second-order valence-corrected chi connectivity index (χ2v) is 3.44. The topological polar surface area (TPSA) is 32.9 Å². The summed E-state index contributed by atoms with van der Waals surface area (Å²) in [5, 5.41) is 1.56. The van der Waals surface area contributed by atoms with Crippen LogP contribution < -0.4 is 0 Å². The number of hydrogen-bond acceptors (Lipinski definition) is 1. The molecule has 0 atom stereocenters. The van der Waals surface area contributed by atoms with E-state index in [4.69, 9.17) is 11.6 Å². The Kier molecular flexibility index (Phi) is 1.85. The maximum atomic E-state index is 10.7. The largest absolute Gasteiger partial charge is 0.359 e. The second kappa shape index (κ2) is 2.89. The van der Waals surface area contributed by atoms with Crippen molar-refractivity contribution in [1.29, 1.82) is 0 Å². The van der Waals surface area contributed by atoms with Gasteiger partial charge in [-0.15, -0.1) is 0 Å². The summed E-state index contributed by atoms with van der Waals surface area (Å²) in [4.78, 5) is 13.7. The summed E-state index contributed by atoms with van der Waals surface area (Å²) in [7, 11) is 0. The molecule has 13 heavy (non-hydrogen) atoms. The molecular weight excluding hydrogens is 186 g/mol. The summed E-state index contributed by atoms with van der Waals surface area (Å²) in [5.41, 5.74) is 2.50. The Morgan fingerprint density at radius 3 is 2.92 bits per heavy atom. The number of aromatic nitrogens is 1. The minimum atomic E-state index is 0.654. The molecule has 0 spiro atoms. The van der Waals surface area contributed by atoms with Gasteiger partial charge in [-0.3, -0.25) is 4.79 Å². The molecule has 2 nitrogen and oxygen atoms in total. The van der Waals surface area contributed by atoms with E-state index in [-0.39, 0.29) is 0 Å². The van der Waals surface area contributed by atoms with Crippen LogP contribution >= 0.6 is 11.6 Å². The fourth-order valence-corrected chi connectivity index (χ4v) is 1.67. The van der Waals surface area contributed by atoms with Gasteiger partial charge in [0.25, 0.3) is 0 Å². The molecule has 3 heteroatoms. The molecule has 0 amide bonds. The molecule has 0 fully saturated rings. The lowest BCUT2D eigenvalue weighted by Crippen LogP contribution is -1.84. The first-order valence-electron chi connectivity index (χ1n) is 3.95. The maximum Gasteiger partial charge on any atom is 0.152 e. The van der Waals surface area contributed by atoms with Crippen LogP contribution in [0.25, 0.3) is 10.9 Å². The van der Waals surface area contributed by atoms with Crippen LogP contribution in [0.5, 0.6) is 0 Å². The van der Waals surface area contributed by atoms with E-state index >= 15 is 0 Å². The summed E-state index contributed by atoms with van der Waals surface area (Å²) in [6.07, 6.45) is 2.53. The number of hydrogen-bond donors (Lipinski definition) is 1. The third-order valence-electron chi connectivity index (χ3n) is 2.04. The zero-order valence-electron chi connectivity index (χ0n) is 7.10. The molecule has 0 aliphatic rings. The SMILES string of the molecule is Cc1cc(C=O)c2[nH]cc(Cl)c2c1. The number of carbonyl (C=O) groups is 1. The van der Waals surface area contributed by atoms with Gasteiger partial charge in [-0.1, -0.05) is 11.6 Å². The highest BCUT2D eigenvalue weighted by molar-refractivity contribution is 6.35. The van der Waals surface area contributed by atoms with Crippen LogP contribution in [0.1, 0.15) is 15.9 Å². The normalized spacial score (nSPS) is 10.6. The number of fused-ring (bicyclic) bond motifs is 1. The lowest BCUT2D eigenvalue weighted by Gasteiger charge is -1.97. The summed E-state index contributed by atoms with van der Waals surface area (Å²) in [6, 6.07) is 3.79. The lowest BCUT2D eigenvalue weighted by molar-refractivity contribution is 0.112. The van der Waals surface area contributed by atoms with Gasteiger partial charge in [0.1, 0.15) is 0 Å². The third kappa shape index (κ3) is 1.23. The average molecular weight is 194 g/mol. The molecule has 66 valence electrons. The Labute approximate surface area is 80.5 Å². The van der Waals surface area contributed by atoms with Gasteiger partial charge in [0.2, 0.25) is 0 Å². The van der Waals surface area contributed by atoms with Crippen LogP contribution in [-0.4, -0.2) is 11.3 Å². The Bertz CT molecular complexity index is 473. The number of rotatable bonds is 1. The number of H-pyrrole nitrogens is 1. The third-order valence-corrected chi connectivity index (χ3v) is 2.35. The predicted octanol–water partition coefficient (Wildman–Crippen LogP) is 2.94. The van der Waals surface area contributed by atoms with Gasteiger partial charge in [-0.05, 0) is 24.6 Å². The minimum Gasteiger partial charge on any atom is -0.359 e. The van der Waals surface area contributed by atoms with Crippen molar-refractivity contribution in [2.45, 2.75) is 6.92 Å². The molecule has 1 N–H and O–H groups in total. The first kappa shape index (κ1) is 8.32. The van der Waals surface area contributed by atoms with Crippen molar-refractivity contribution in [3.8, 4) is 0 Å². The molecule has 0 radical (unpaired) electrons. The van der Waals surface area contributed by atoms with Crippen LogP contribution in [0, 0.1) is 6.92 Å². The molecule has 0 unspecified atom stereocenters. The summed E-state index contributed by atoms with van der Waals surface area (Å²) in [6.45, 7) is 1.94. The van der Waals surface area contributed by atoms with Crippen LogP contribution in [0.3, 0.4) is 0 Å². The average Bonchev–Trinajstić information content (AvgIpc) is 2.47.